The van der Waals surface area contributed by atoms with Crippen molar-refractivity contribution in [3.63, 3.8) is 0 Å². The van der Waals surface area contributed by atoms with Gasteiger partial charge in [-0.15, -0.1) is 0 Å². The number of alkyl halides is 4. The van der Waals surface area contributed by atoms with Crippen LogP contribution in [0.15, 0.2) is 12.1 Å². The van der Waals surface area contributed by atoms with E-state index in [9.17, 15) is 22.4 Å². The Morgan fingerprint density at radius 2 is 1.82 bits per heavy atom. The summed E-state index contributed by atoms with van der Waals surface area (Å²) >= 11 is 0. The summed E-state index contributed by atoms with van der Waals surface area (Å²) in [6.07, 6.45) is 0.848. The predicted molar refractivity (Wildman–Crippen MR) is 116 cm³/mol. The molecule has 7 nitrogen and oxygen atoms in total. The lowest BCUT2D eigenvalue weighted by molar-refractivity contribution is -0.130. The second-order valence-electron chi connectivity index (χ2n) is 9.98. The van der Waals surface area contributed by atoms with Crippen molar-refractivity contribution in [1.82, 2.24) is 20.3 Å². The number of rotatable bonds is 6. The van der Waals surface area contributed by atoms with E-state index in [1.54, 1.807) is 12.1 Å². The molecule has 3 heterocycles. The average molecular weight is 484 g/mol. The third-order valence-electron chi connectivity index (χ3n) is 7.69. The highest BCUT2D eigenvalue weighted by atomic mass is 19.3. The molecule has 0 aromatic carbocycles. The SMILES string of the molecule is N[C@H](c1nc2nc(C3(C(=O)NCC4CC4(F)F)CCOCC3)ccc2[nH]1)C1CCC(F)(F)CC1. The van der Waals surface area contributed by atoms with E-state index in [0.29, 0.717) is 61.6 Å². The Balaban J connectivity index is 1.36. The molecule has 3 fully saturated rings. The molecule has 1 aliphatic heterocycles. The number of imidazole rings is 1. The van der Waals surface area contributed by atoms with Gasteiger partial charge in [0.05, 0.1) is 22.7 Å². The zero-order chi connectivity index (χ0) is 24.1. The Kier molecular flexibility index (Phi) is 5.83. The average Bonchev–Trinajstić information content (AvgIpc) is 3.22. The van der Waals surface area contributed by atoms with E-state index in [2.05, 4.69) is 20.3 Å². The van der Waals surface area contributed by atoms with Gasteiger partial charge in [-0.2, -0.15) is 0 Å². The molecule has 2 saturated carbocycles. The van der Waals surface area contributed by atoms with E-state index in [-0.39, 0.29) is 37.6 Å². The number of H-pyrrole nitrogens is 1. The van der Waals surface area contributed by atoms with Crippen molar-refractivity contribution in [2.24, 2.45) is 17.6 Å². The highest BCUT2D eigenvalue weighted by Crippen LogP contribution is 2.48. The van der Waals surface area contributed by atoms with Crippen LogP contribution in [-0.2, 0) is 14.9 Å². The molecule has 3 aliphatic rings. The molecule has 11 heteroatoms. The highest BCUT2D eigenvalue weighted by molar-refractivity contribution is 5.88. The number of hydrogen-bond acceptors (Lipinski definition) is 5. The Morgan fingerprint density at radius 3 is 2.47 bits per heavy atom. The number of hydrogen-bond donors (Lipinski definition) is 3. The van der Waals surface area contributed by atoms with Gasteiger partial charge in [0.15, 0.2) is 5.65 Å². The number of nitrogens with two attached hydrogens (primary N) is 1. The van der Waals surface area contributed by atoms with Gasteiger partial charge in [0.1, 0.15) is 5.82 Å². The second-order valence-corrected chi connectivity index (χ2v) is 9.98. The highest BCUT2D eigenvalue weighted by Gasteiger charge is 2.57. The van der Waals surface area contributed by atoms with Gasteiger partial charge >= 0.3 is 0 Å². The normalized spacial score (nSPS) is 26.8. The van der Waals surface area contributed by atoms with Crippen LogP contribution in [-0.4, -0.2) is 52.5 Å². The minimum absolute atomic E-state index is 0.0709. The van der Waals surface area contributed by atoms with Crippen molar-refractivity contribution in [2.75, 3.05) is 19.8 Å². The maximum Gasteiger partial charge on any atom is 0.253 e. The minimum Gasteiger partial charge on any atom is -0.381 e. The molecule has 0 radical (unpaired) electrons. The number of aromatic amines is 1. The lowest BCUT2D eigenvalue weighted by Gasteiger charge is -2.35. The van der Waals surface area contributed by atoms with Crippen molar-refractivity contribution in [3.8, 4) is 0 Å². The van der Waals surface area contributed by atoms with Gasteiger partial charge in [0.25, 0.3) is 5.92 Å². The maximum atomic E-state index is 13.5. The molecule has 1 saturated heterocycles. The number of amides is 1. The van der Waals surface area contributed by atoms with Crippen molar-refractivity contribution in [1.29, 1.82) is 0 Å². The monoisotopic (exact) mass is 483 g/mol. The number of nitrogens with one attached hydrogen (secondary N) is 2. The standard InChI is InChI=1S/C23H29F4N5O2/c24-22(25)5-3-13(4-6-22)17(28)19-30-15-1-2-16(31-18(15)32-19)21(7-9-34-10-8-21)20(33)29-12-14-11-23(14,26)27/h1-2,13-14,17H,3-12,28H2,(H,29,33)(H,30,31,32)/t14?,17-/m0/s1. The largest absolute Gasteiger partial charge is 0.381 e. The van der Waals surface area contributed by atoms with Crippen LogP contribution in [0.1, 0.15) is 62.5 Å². The smallest absolute Gasteiger partial charge is 0.253 e. The van der Waals surface area contributed by atoms with Gasteiger partial charge in [0, 0.05) is 44.9 Å². The van der Waals surface area contributed by atoms with Gasteiger partial charge in [-0.1, -0.05) is 0 Å². The molecule has 1 amide bonds. The van der Waals surface area contributed by atoms with Gasteiger partial charge in [-0.05, 0) is 43.7 Å². The molecule has 186 valence electrons. The van der Waals surface area contributed by atoms with Crippen LogP contribution in [0.2, 0.25) is 0 Å². The Morgan fingerprint density at radius 1 is 1.15 bits per heavy atom. The van der Waals surface area contributed by atoms with Gasteiger partial charge in [-0.3, -0.25) is 4.79 Å². The fourth-order valence-electron chi connectivity index (χ4n) is 5.18. The molecular weight excluding hydrogens is 454 g/mol. The first-order valence-corrected chi connectivity index (χ1v) is 11.8. The van der Waals surface area contributed by atoms with E-state index in [4.69, 9.17) is 10.5 Å². The number of nitrogens with zero attached hydrogens (tertiary/aromatic N) is 2. The van der Waals surface area contributed by atoms with E-state index in [1.807, 2.05) is 0 Å². The van der Waals surface area contributed by atoms with Crippen LogP contribution in [0.3, 0.4) is 0 Å². The van der Waals surface area contributed by atoms with Crippen LogP contribution >= 0.6 is 0 Å². The summed E-state index contributed by atoms with van der Waals surface area (Å²) in [4.78, 5) is 25.5. The number of halogens is 4. The van der Waals surface area contributed by atoms with Crippen LogP contribution in [0.4, 0.5) is 17.6 Å². The zero-order valence-electron chi connectivity index (χ0n) is 18.8. The zero-order valence-corrected chi connectivity index (χ0v) is 18.8. The Bertz CT molecular complexity index is 1060. The molecule has 1 unspecified atom stereocenters. The molecule has 5 rings (SSSR count). The number of pyridine rings is 1. The molecule has 2 aromatic rings. The molecular formula is C23H29F4N5O2. The number of carbonyl (C=O) groups excluding carboxylic acids is 1. The number of carbonyl (C=O) groups is 1. The topological polar surface area (TPSA) is 106 Å². The summed E-state index contributed by atoms with van der Waals surface area (Å²) in [5.41, 5.74) is 6.90. The predicted octanol–water partition coefficient (Wildman–Crippen LogP) is 3.60. The third-order valence-corrected chi connectivity index (χ3v) is 7.69. The summed E-state index contributed by atoms with van der Waals surface area (Å²) in [6, 6.07) is 3.00. The van der Waals surface area contributed by atoms with Gasteiger partial charge in [0.2, 0.25) is 11.8 Å². The summed E-state index contributed by atoms with van der Waals surface area (Å²) in [7, 11) is 0. The van der Waals surface area contributed by atoms with Crippen LogP contribution in [0.5, 0.6) is 0 Å². The van der Waals surface area contributed by atoms with Gasteiger partial charge in [-0.25, -0.2) is 27.5 Å². The van der Waals surface area contributed by atoms with E-state index in [1.165, 1.54) is 0 Å². The van der Waals surface area contributed by atoms with Crippen LogP contribution < -0.4 is 11.1 Å². The quantitative estimate of drug-likeness (QED) is 0.545. The first kappa shape index (κ1) is 23.5. The van der Waals surface area contributed by atoms with Gasteiger partial charge < -0.3 is 20.8 Å². The lowest BCUT2D eigenvalue weighted by atomic mass is 9.76. The Labute approximate surface area is 194 Å². The third kappa shape index (κ3) is 4.39. The second kappa shape index (κ2) is 8.44. The van der Waals surface area contributed by atoms with E-state index in [0.717, 1.165) is 0 Å². The summed E-state index contributed by atoms with van der Waals surface area (Å²) in [6.45, 7) is 0.643. The molecule has 0 spiro atoms. The van der Waals surface area contributed by atoms with Crippen molar-refractivity contribution in [2.45, 2.75) is 68.2 Å². The van der Waals surface area contributed by atoms with Crippen molar-refractivity contribution < 1.29 is 27.1 Å². The number of ether oxygens (including phenoxy) is 1. The van der Waals surface area contributed by atoms with Crippen molar-refractivity contribution in [3.05, 3.63) is 23.7 Å². The summed E-state index contributed by atoms with van der Waals surface area (Å²) in [5.74, 6) is -6.11. The molecule has 4 N–H and O–H groups in total. The first-order valence-electron chi connectivity index (χ1n) is 11.8. The summed E-state index contributed by atoms with van der Waals surface area (Å²) in [5, 5.41) is 2.71. The molecule has 2 aliphatic carbocycles. The molecule has 2 aromatic heterocycles. The van der Waals surface area contributed by atoms with E-state index < -0.39 is 29.2 Å². The van der Waals surface area contributed by atoms with E-state index >= 15 is 0 Å². The van der Waals surface area contributed by atoms with Crippen LogP contribution in [0, 0.1) is 11.8 Å². The molecule has 0 bridgehead atoms. The summed E-state index contributed by atoms with van der Waals surface area (Å²) < 4.78 is 59.1. The molecule has 2 atom stereocenters. The first-order chi connectivity index (χ1) is 16.1. The Hall–Kier alpha value is -2.27. The number of aromatic nitrogens is 3. The van der Waals surface area contributed by atoms with Crippen molar-refractivity contribution >= 4 is 17.1 Å². The number of fused-ring (bicyclic) bond motifs is 1. The molecule has 34 heavy (non-hydrogen) atoms. The maximum absolute atomic E-state index is 13.5. The fourth-order valence-corrected chi connectivity index (χ4v) is 5.18. The minimum atomic E-state index is -2.70. The fraction of sp³-hybridized carbons (Fsp3) is 0.696. The lowest BCUT2D eigenvalue weighted by Crippen LogP contribution is -2.49. The van der Waals surface area contributed by atoms with Crippen LogP contribution in [0.25, 0.3) is 11.2 Å².